The van der Waals surface area contributed by atoms with Gasteiger partial charge in [-0.05, 0) is 43.2 Å². The van der Waals surface area contributed by atoms with Crippen LogP contribution in [0.3, 0.4) is 0 Å². The van der Waals surface area contributed by atoms with Crippen molar-refractivity contribution >= 4 is 22.8 Å². The van der Waals surface area contributed by atoms with E-state index in [-0.39, 0.29) is 18.7 Å². The molecular weight excluding hydrogens is 356 g/mol. The second-order valence-corrected chi connectivity index (χ2v) is 7.08. The number of ether oxygens (including phenoxy) is 2. The number of hydrogen-bond acceptors (Lipinski definition) is 4. The minimum atomic E-state index is -0.567. The normalized spacial score (nSPS) is 17.2. The first kappa shape index (κ1) is 19.9. The molecule has 1 aliphatic rings. The Bertz CT molecular complexity index is 920. The summed E-state index contributed by atoms with van der Waals surface area (Å²) in [6.45, 7) is 6.09. The van der Waals surface area contributed by atoms with Crippen LogP contribution in [0.5, 0.6) is 0 Å². The highest BCUT2D eigenvalue weighted by Crippen LogP contribution is 2.33. The summed E-state index contributed by atoms with van der Waals surface area (Å²) in [6, 6.07) is 13.0. The molecule has 0 saturated heterocycles. The largest absolute Gasteiger partial charge is 0.460 e. The lowest BCUT2D eigenvalue weighted by Crippen LogP contribution is -2.50. The van der Waals surface area contributed by atoms with Crippen LogP contribution in [-0.4, -0.2) is 43.3 Å². The van der Waals surface area contributed by atoms with Crippen LogP contribution in [0.15, 0.2) is 53.7 Å². The van der Waals surface area contributed by atoms with E-state index in [4.69, 9.17) is 9.47 Å². The molecule has 6 nitrogen and oxygen atoms in total. The van der Waals surface area contributed by atoms with Gasteiger partial charge in [-0.1, -0.05) is 36.4 Å². The first-order valence-electron chi connectivity index (χ1n) is 9.39. The summed E-state index contributed by atoms with van der Waals surface area (Å²) in [6.07, 6.45) is 0. The highest BCUT2D eigenvalue weighted by atomic mass is 16.6. The molecule has 0 spiro atoms. The number of benzene rings is 2. The zero-order chi connectivity index (χ0) is 20.3. The van der Waals surface area contributed by atoms with Gasteiger partial charge in [0, 0.05) is 18.8 Å². The van der Waals surface area contributed by atoms with Crippen LogP contribution in [0.2, 0.25) is 0 Å². The predicted molar refractivity (Wildman–Crippen MR) is 108 cm³/mol. The van der Waals surface area contributed by atoms with E-state index in [0.717, 1.165) is 16.3 Å². The molecule has 2 amide bonds. The minimum Gasteiger partial charge on any atom is -0.460 e. The number of allylic oxidation sites excluding steroid dienone is 1. The molecule has 0 aliphatic carbocycles. The van der Waals surface area contributed by atoms with Gasteiger partial charge in [0.2, 0.25) is 0 Å². The molecule has 1 heterocycles. The topological polar surface area (TPSA) is 67.9 Å². The van der Waals surface area contributed by atoms with E-state index >= 15 is 0 Å². The second-order valence-electron chi connectivity index (χ2n) is 7.08. The molecule has 1 N–H and O–H groups in total. The Kier molecular flexibility index (Phi) is 5.99. The number of carbonyl (C=O) groups is 2. The molecule has 0 radical (unpaired) electrons. The van der Waals surface area contributed by atoms with E-state index in [2.05, 4.69) is 5.32 Å². The van der Waals surface area contributed by atoms with Crippen LogP contribution in [0, 0.1) is 0 Å². The average Bonchev–Trinajstić information content (AvgIpc) is 2.67. The molecule has 6 heteroatoms. The van der Waals surface area contributed by atoms with Crippen LogP contribution < -0.4 is 5.32 Å². The summed E-state index contributed by atoms with van der Waals surface area (Å²) >= 11 is 0. The predicted octanol–water partition coefficient (Wildman–Crippen LogP) is 3.78. The molecule has 2 aromatic rings. The van der Waals surface area contributed by atoms with Crippen LogP contribution in [0.25, 0.3) is 10.8 Å². The molecule has 0 fully saturated rings. The first-order chi connectivity index (χ1) is 13.4. The fraction of sp³-hybridized carbons (Fsp3) is 0.364. The van der Waals surface area contributed by atoms with Crippen LogP contribution in [0.1, 0.15) is 32.4 Å². The molecule has 0 bridgehead atoms. The average molecular weight is 382 g/mol. The highest BCUT2D eigenvalue weighted by Gasteiger charge is 2.37. The standard InChI is InChI=1S/C22H26N2O4/c1-14(2)24-15(3)19(21(25)28-12-11-27-4)20(23-22(24)26)18-10-9-16-7-5-6-8-17(16)13-18/h5-10,13-14,20H,11-12H2,1-4H3,(H,23,26)/t20-/m1/s1. The van der Waals surface area contributed by atoms with Crippen molar-refractivity contribution in [2.75, 3.05) is 20.3 Å². The monoisotopic (exact) mass is 382 g/mol. The van der Waals surface area contributed by atoms with E-state index < -0.39 is 12.0 Å². The van der Waals surface area contributed by atoms with E-state index in [1.165, 1.54) is 0 Å². The number of esters is 1. The maximum Gasteiger partial charge on any atom is 0.338 e. The molecule has 1 aliphatic heterocycles. The quantitative estimate of drug-likeness (QED) is 0.610. The lowest BCUT2D eigenvalue weighted by molar-refractivity contribution is -0.140. The third kappa shape index (κ3) is 3.87. The zero-order valence-electron chi connectivity index (χ0n) is 16.7. The van der Waals surface area contributed by atoms with E-state index in [1.807, 2.05) is 56.3 Å². The van der Waals surface area contributed by atoms with E-state index in [9.17, 15) is 9.59 Å². The van der Waals surface area contributed by atoms with Gasteiger partial charge in [0.15, 0.2) is 0 Å². The van der Waals surface area contributed by atoms with Gasteiger partial charge < -0.3 is 14.8 Å². The maximum absolute atomic E-state index is 12.9. The summed E-state index contributed by atoms with van der Waals surface area (Å²) in [5.41, 5.74) is 1.90. The highest BCUT2D eigenvalue weighted by molar-refractivity contribution is 5.95. The van der Waals surface area contributed by atoms with E-state index in [0.29, 0.717) is 17.9 Å². The smallest absolute Gasteiger partial charge is 0.338 e. The van der Waals surface area contributed by atoms with E-state index in [1.54, 1.807) is 18.9 Å². The SMILES string of the molecule is COCCOC(=O)C1=C(C)N(C(C)C)C(=O)N[C@@H]1c1ccc2ccccc2c1. The van der Waals surface area contributed by atoms with Crippen molar-refractivity contribution in [3.05, 3.63) is 59.3 Å². The van der Waals surface area contributed by atoms with Gasteiger partial charge in [0.25, 0.3) is 0 Å². The lowest BCUT2D eigenvalue weighted by atomic mass is 9.93. The number of hydrogen-bond donors (Lipinski definition) is 1. The van der Waals surface area contributed by atoms with Gasteiger partial charge in [0.1, 0.15) is 6.61 Å². The Morgan fingerprint density at radius 3 is 2.54 bits per heavy atom. The van der Waals surface area contributed by atoms with Gasteiger partial charge in [-0.3, -0.25) is 4.90 Å². The molecule has 1 atom stereocenters. The Morgan fingerprint density at radius 1 is 1.14 bits per heavy atom. The number of urea groups is 1. The molecule has 148 valence electrons. The number of amides is 2. The van der Waals surface area contributed by atoms with Gasteiger partial charge >= 0.3 is 12.0 Å². The number of carbonyl (C=O) groups excluding carboxylic acids is 2. The third-order valence-corrected chi connectivity index (χ3v) is 4.89. The molecular formula is C22H26N2O4. The van der Waals surface area contributed by atoms with Crippen molar-refractivity contribution in [1.82, 2.24) is 10.2 Å². The summed E-state index contributed by atoms with van der Waals surface area (Å²) in [5, 5.41) is 5.12. The number of nitrogens with zero attached hydrogens (tertiary/aromatic N) is 1. The Labute approximate surface area is 165 Å². The van der Waals surface area contributed by atoms with Gasteiger partial charge in [-0.15, -0.1) is 0 Å². The summed E-state index contributed by atoms with van der Waals surface area (Å²) in [4.78, 5) is 27.2. The molecule has 3 rings (SSSR count). The molecule has 0 unspecified atom stereocenters. The maximum atomic E-state index is 12.9. The second kappa shape index (κ2) is 8.44. The van der Waals surface area contributed by atoms with Gasteiger partial charge in [-0.25, -0.2) is 9.59 Å². The zero-order valence-corrected chi connectivity index (χ0v) is 16.7. The lowest BCUT2D eigenvalue weighted by Gasteiger charge is -2.37. The number of nitrogens with one attached hydrogen (secondary N) is 1. The van der Waals surface area contributed by atoms with Gasteiger partial charge in [0.05, 0.1) is 18.2 Å². The molecule has 0 saturated carbocycles. The van der Waals surface area contributed by atoms with Crippen LogP contribution in [0.4, 0.5) is 4.79 Å². The van der Waals surface area contributed by atoms with Gasteiger partial charge in [-0.2, -0.15) is 0 Å². The Hall–Kier alpha value is -2.86. The van der Waals surface area contributed by atoms with Crippen molar-refractivity contribution in [3.8, 4) is 0 Å². The molecule has 0 aromatic heterocycles. The van der Waals surface area contributed by atoms with Crippen molar-refractivity contribution in [1.29, 1.82) is 0 Å². The number of fused-ring (bicyclic) bond motifs is 1. The Morgan fingerprint density at radius 2 is 1.86 bits per heavy atom. The van der Waals surface area contributed by atoms with Crippen molar-refractivity contribution < 1.29 is 19.1 Å². The van der Waals surface area contributed by atoms with Crippen molar-refractivity contribution in [2.24, 2.45) is 0 Å². The fourth-order valence-electron chi connectivity index (χ4n) is 3.58. The van der Waals surface area contributed by atoms with Crippen molar-refractivity contribution in [2.45, 2.75) is 32.9 Å². The summed E-state index contributed by atoms with van der Waals surface area (Å²) in [7, 11) is 1.55. The molecule has 2 aromatic carbocycles. The van der Waals surface area contributed by atoms with Crippen LogP contribution in [-0.2, 0) is 14.3 Å². The number of methoxy groups -OCH3 is 1. The van der Waals surface area contributed by atoms with Crippen LogP contribution >= 0.6 is 0 Å². The summed E-state index contributed by atoms with van der Waals surface area (Å²) < 4.78 is 10.4. The molecule has 28 heavy (non-hydrogen) atoms. The third-order valence-electron chi connectivity index (χ3n) is 4.89. The number of rotatable bonds is 6. The Balaban J connectivity index is 2.05. The first-order valence-corrected chi connectivity index (χ1v) is 9.39. The fourth-order valence-corrected chi connectivity index (χ4v) is 3.58. The van der Waals surface area contributed by atoms with Crippen molar-refractivity contribution in [3.63, 3.8) is 0 Å². The minimum absolute atomic E-state index is 0.0840. The summed E-state index contributed by atoms with van der Waals surface area (Å²) in [5.74, 6) is -0.446.